The Morgan fingerprint density at radius 1 is 0.450 bits per heavy atom. The zero-order chi connectivity index (χ0) is 77.4. The molecule has 19 rings (SSSR count). The molecule has 11 aliphatic carbocycles. The van der Waals surface area contributed by atoms with Crippen molar-refractivity contribution in [3.63, 3.8) is 0 Å². The summed E-state index contributed by atoms with van der Waals surface area (Å²) in [7, 11) is 0. The topological polar surface area (TPSA) is 184 Å². The van der Waals surface area contributed by atoms with Crippen LogP contribution in [0.15, 0.2) is 257 Å². The third kappa shape index (κ3) is 16.4. The van der Waals surface area contributed by atoms with Gasteiger partial charge in [-0.2, -0.15) is 0 Å². The second-order valence-electron chi connectivity index (χ2n) is 31.4. The zero-order valence-corrected chi connectivity index (χ0v) is 63.2. The molecule has 0 aliphatic heterocycles. The van der Waals surface area contributed by atoms with E-state index in [9.17, 15) is 33.6 Å². The summed E-state index contributed by atoms with van der Waals surface area (Å²) in [5, 5.41) is 8.50. The van der Waals surface area contributed by atoms with Gasteiger partial charge >= 0.3 is 41.8 Å². The van der Waals surface area contributed by atoms with Crippen molar-refractivity contribution in [1.82, 2.24) is 0 Å². The molecule has 11 fully saturated rings. The van der Waals surface area contributed by atoms with Crippen LogP contribution in [0.3, 0.4) is 0 Å². The number of esters is 7. The van der Waals surface area contributed by atoms with E-state index in [1.54, 1.807) is 20.8 Å². The van der Waals surface area contributed by atoms with Gasteiger partial charge in [0.1, 0.15) is 42.9 Å². The highest BCUT2D eigenvalue weighted by molar-refractivity contribution is 6.07. The minimum absolute atomic E-state index is 0.00813. The molecular weight excluding hydrogens is 1370 g/mol. The quantitative estimate of drug-likeness (QED) is 0.0276. The lowest BCUT2D eigenvalue weighted by Gasteiger charge is -2.55. The lowest BCUT2D eigenvalue weighted by molar-refractivity contribution is -0.181. The van der Waals surface area contributed by atoms with Gasteiger partial charge in [-0.3, -0.25) is 0 Å². The summed E-state index contributed by atoms with van der Waals surface area (Å²) >= 11 is 0. The van der Waals surface area contributed by atoms with Crippen LogP contribution in [0, 0.1) is 64.1 Å². The summed E-state index contributed by atoms with van der Waals surface area (Å²) in [6.07, 6.45) is 22.0. The molecule has 6 bridgehead atoms. The lowest BCUT2D eigenvalue weighted by atomic mass is 9.54. The summed E-state index contributed by atoms with van der Waals surface area (Å²) in [5.74, 6) is 5.94. The van der Waals surface area contributed by atoms with Gasteiger partial charge in [0, 0.05) is 74.1 Å². The molecule has 0 aromatic heterocycles. The van der Waals surface area contributed by atoms with Gasteiger partial charge in [0.15, 0.2) is 0 Å². The number of ether oxygens (including phenoxy) is 7. The lowest BCUT2D eigenvalue weighted by Crippen LogP contribution is -2.52. The molecule has 0 amide bonds. The Labute approximate surface area is 639 Å². The molecule has 564 valence electrons. The van der Waals surface area contributed by atoms with Gasteiger partial charge in [0.2, 0.25) is 0 Å². The van der Waals surface area contributed by atoms with E-state index in [0.717, 1.165) is 139 Å². The standard InChI is InChI=1S/C19H16O2.C18H14O2.2C13H18O2.2C11H12O2.C10H10O2/c1-13(2)19(20)21-12-18-16-9-5-3-7-14(16)11-15-8-4-6-10-17(15)18;1-12(2)18(19)20-17-15-9-5-3-7-13(15)11-14-8-4-6-10-16(14)17;1-2-12(14)15-13-6-9-3-10(7-13)5-11(4-9)8-13;1-2-13(14)15-12-7-8-6-11(12)10-5-3-4-9(8)10;1-3-7(12)13-11-8-6-4-5-9(11,2)10(6,8)11;1-9(2)11(12)13-8-10-6-4-3-5-7-10;1-2-10(11)12-8-9-6-4-3-5-7-9/h3-11H,1,12H2,2H3;3-11H,1H2,2H3;2,9-11H,1,3-8H2;2,8-12H,1,3-7H2;3,6,8H,1,4-5H2,2H3;3-7H,1,8H2,2H3;2-7H,1,8H2. The molecular formula is C95H100O14. The number of hydrogen-bond acceptors (Lipinski definition) is 14. The SMILES string of the molecule is C=C(C)C(=O)OCc1c2ccccc2cc2ccccc12.C=C(C)C(=O)OCc1ccccc1.C=C(C)C(=O)Oc1c2ccccc2cc2ccccc12.C=CC(=O)OC12C3C4CCC1(C)C432.C=CC(=O)OC12CC3CC(CC(C3)C1)C2.C=CC(=O)OC1CC2CC1C1CCCC21.C=CC(=O)OCc1ccccc1. The third-order valence-corrected chi connectivity index (χ3v) is 24.5. The molecule has 0 N–H and O–H groups in total. The van der Waals surface area contributed by atoms with Gasteiger partial charge in [-0.05, 0) is 201 Å². The summed E-state index contributed by atoms with van der Waals surface area (Å²) in [6.45, 7) is 32.5. The average molecular weight is 1470 g/mol. The van der Waals surface area contributed by atoms with Gasteiger partial charge in [-0.1, -0.05) is 217 Å². The first-order valence-electron chi connectivity index (χ1n) is 38.2. The number of rotatable bonds is 17. The van der Waals surface area contributed by atoms with E-state index in [1.165, 1.54) is 76.0 Å². The van der Waals surface area contributed by atoms with Gasteiger partial charge in [-0.25, -0.2) is 33.6 Å². The molecule has 0 saturated heterocycles. The second kappa shape index (κ2) is 33.4. The van der Waals surface area contributed by atoms with Crippen LogP contribution < -0.4 is 4.74 Å². The normalized spacial score (nSPS) is 27.0. The Morgan fingerprint density at radius 2 is 0.881 bits per heavy atom. The zero-order valence-electron chi connectivity index (χ0n) is 63.2. The number of hydrogen-bond donors (Lipinski definition) is 0. The summed E-state index contributed by atoms with van der Waals surface area (Å²) in [5.41, 5.74) is 5.00. The minimum Gasteiger partial charge on any atom is -0.459 e. The molecule has 1 spiro atoms. The van der Waals surface area contributed by atoms with Gasteiger partial charge in [-0.15, -0.1) is 0 Å². The molecule has 109 heavy (non-hydrogen) atoms. The van der Waals surface area contributed by atoms with Crippen molar-refractivity contribution < 1.29 is 66.7 Å². The molecule has 14 nitrogen and oxygen atoms in total. The van der Waals surface area contributed by atoms with Crippen molar-refractivity contribution in [2.45, 2.75) is 148 Å². The Morgan fingerprint density at radius 3 is 1.34 bits per heavy atom. The summed E-state index contributed by atoms with van der Waals surface area (Å²) < 4.78 is 37.3. The molecule has 0 radical (unpaired) electrons. The Hall–Kier alpha value is -10.7. The van der Waals surface area contributed by atoms with Crippen LogP contribution in [-0.2, 0) is 81.8 Å². The van der Waals surface area contributed by atoms with E-state index in [2.05, 4.69) is 89.4 Å². The van der Waals surface area contributed by atoms with Crippen molar-refractivity contribution in [2.24, 2.45) is 64.1 Å². The average Bonchev–Trinajstić information content (AvgIpc) is 1.32. The molecule has 14 heteroatoms. The monoisotopic (exact) mass is 1460 g/mol. The smallest absolute Gasteiger partial charge is 0.338 e. The summed E-state index contributed by atoms with van der Waals surface area (Å²) in [6, 6.07) is 55.4. The van der Waals surface area contributed by atoms with Crippen LogP contribution in [0.2, 0.25) is 0 Å². The van der Waals surface area contributed by atoms with E-state index in [0.29, 0.717) is 52.4 Å². The predicted octanol–water partition coefficient (Wildman–Crippen LogP) is 20.0. The van der Waals surface area contributed by atoms with E-state index in [-0.39, 0.29) is 59.7 Å². The largest absolute Gasteiger partial charge is 0.459 e. The maximum Gasteiger partial charge on any atom is 0.338 e. The van der Waals surface area contributed by atoms with Crippen LogP contribution in [-0.4, -0.2) is 59.1 Å². The molecule has 10 unspecified atom stereocenters. The highest BCUT2D eigenvalue weighted by Gasteiger charge is 3.22. The fourth-order valence-corrected chi connectivity index (χ4v) is 20.1. The fraction of sp³-hybridized carbons (Fsp3) is 0.358. The van der Waals surface area contributed by atoms with Crippen molar-refractivity contribution in [3.8, 4) is 5.75 Å². The second-order valence-corrected chi connectivity index (χ2v) is 31.4. The first-order valence-corrected chi connectivity index (χ1v) is 38.2. The number of carbonyl (C=O) groups is 7. The number of benzene rings is 8. The Kier molecular flexibility index (Phi) is 23.9. The number of fused-ring (bicyclic) bond motifs is 12. The first kappa shape index (κ1) is 77.9. The highest BCUT2D eigenvalue weighted by atomic mass is 16.6. The molecule has 8 aromatic rings. The third-order valence-electron chi connectivity index (χ3n) is 24.5. The van der Waals surface area contributed by atoms with E-state index in [1.807, 2.05) is 133 Å². The van der Waals surface area contributed by atoms with Crippen LogP contribution >= 0.6 is 0 Å². The van der Waals surface area contributed by atoms with Crippen LogP contribution in [0.1, 0.15) is 128 Å². The van der Waals surface area contributed by atoms with Crippen LogP contribution in [0.5, 0.6) is 5.75 Å². The van der Waals surface area contributed by atoms with Gasteiger partial charge in [0.25, 0.3) is 0 Å². The van der Waals surface area contributed by atoms with Crippen molar-refractivity contribution in [2.75, 3.05) is 0 Å². The Bertz CT molecular complexity index is 4700. The molecule has 11 aliphatic rings. The predicted molar refractivity (Wildman–Crippen MR) is 426 cm³/mol. The Balaban J connectivity index is 0.000000120. The molecule has 10 atom stereocenters. The van der Waals surface area contributed by atoms with Crippen molar-refractivity contribution in [3.05, 3.63) is 274 Å². The van der Waals surface area contributed by atoms with E-state index in [4.69, 9.17) is 33.2 Å². The van der Waals surface area contributed by atoms with Crippen LogP contribution in [0.4, 0.5) is 0 Å². The van der Waals surface area contributed by atoms with E-state index < -0.39 is 5.97 Å². The first-order chi connectivity index (χ1) is 52.5. The summed E-state index contributed by atoms with van der Waals surface area (Å²) in [4.78, 5) is 78.9. The maximum absolute atomic E-state index is 11.9. The molecule has 8 aromatic carbocycles. The van der Waals surface area contributed by atoms with Gasteiger partial charge in [0.05, 0.1) is 0 Å². The number of carbonyl (C=O) groups excluding carboxylic acids is 7. The van der Waals surface area contributed by atoms with Gasteiger partial charge < -0.3 is 33.2 Å². The van der Waals surface area contributed by atoms with Crippen molar-refractivity contribution >= 4 is 84.9 Å². The highest BCUT2D eigenvalue weighted by Crippen LogP contribution is 3.16. The van der Waals surface area contributed by atoms with Crippen LogP contribution in [0.25, 0.3) is 43.1 Å². The van der Waals surface area contributed by atoms with Crippen molar-refractivity contribution in [1.29, 1.82) is 0 Å². The minimum atomic E-state index is -0.397. The fourth-order valence-electron chi connectivity index (χ4n) is 20.1. The maximum atomic E-state index is 11.9. The van der Waals surface area contributed by atoms with E-state index >= 15 is 0 Å². The molecule has 11 saturated carbocycles. The molecule has 0 heterocycles.